The van der Waals surface area contributed by atoms with Gasteiger partial charge in [-0.3, -0.25) is 9.48 Å². The SMILES string of the molecule is CCCNC(=O)C(C)OC(=O)/C=C/c1c(C)nn(Cc2ccc(C)cc2)c1C. The van der Waals surface area contributed by atoms with Crippen molar-refractivity contribution in [1.82, 2.24) is 15.1 Å². The minimum Gasteiger partial charge on any atom is -0.449 e. The first kappa shape index (κ1) is 21.4. The molecule has 0 aliphatic rings. The fourth-order valence-corrected chi connectivity index (χ4v) is 2.78. The van der Waals surface area contributed by atoms with Crippen LogP contribution in [0.3, 0.4) is 0 Å². The quantitative estimate of drug-likeness (QED) is 0.561. The first-order valence-corrected chi connectivity index (χ1v) is 9.57. The van der Waals surface area contributed by atoms with Crippen molar-refractivity contribution < 1.29 is 14.3 Å². The summed E-state index contributed by atoms with van der Waals surface area (Å²) in [5, 5.41) is 7.28. The lowest BCUT2D eigenvalue weighted by Gasteiger charge is -2.11. The zero-order valence-electron chi connectivity index (χ0n) is 17.3. The molecular weight excluding hydrogens is 354 g/mol. The first-order chi connectivity index (χ1) is 13.3. The Kier molecular flexibility index (Phi) is 7.55. The number of ether oxygens (including phenoxy) is 1. The molecule has 0 radical (unpaired) electrons. The van der Waals surface area contributed by atoms with Crippen LogP contribution in [0.25, 0.3) is 6.08 Å². The van der Waals surface area contributed by atoms with E-state index >= 15 is 0 Å². The van der Waals surface area contributed by atoms with Crippen molar-refractivity contribution >= 4 is 18.0 Å². The number of carbonyl (C=O) groups excluding carboxylic acids is 2. The molecule has 1 N–H and O–H groups in total. The number of carbonyl (C=O) groups is 2. The molecule has 150 valence electrons. The Bertz CT molecular complexity index is 851. The van der Waals surface area contributed by atoms with E-state index < -0.39 is 12.1 Å². The molecule has 0 spiro atoms. The number of amides is 1. The molecule has 1 aromatic carbocycles. The summed E-state index contributed by atoms with van der Waals surface area (Å²) >= 11 is 0. The number of nitrogens with one attached hydrogen (secondary N) is 1. The van der Waals surface area contributed by atoms with Crippen LogP contribution in [0.2, 0.25) is 0 Å². The minimum atomic E-state index is -0.824. The summed E-state index contributed by atoms with van der Waals surface area (Å²) < 4.78 is 7.08. The second kappa shape index (κ2) is 9.88. The maximum absolute atomic E-state index is 12.0. The number of aromatic nitrogens is 2. The maximum atomic E-state index is 12.0. The Morgan fingerprint density at radius 2 is 1.89 bits per heavy atom. The van der Waals surface area contributed by atoms with Gasteiger partial charge in [-0.05, 0) is 45.8 Å². The van der Waals surface area contributed by atoms with Gasteiger partial charge >= 0.3 is 5.97 Å². The van der Waals surface area contributed by atoms with Crippen molar-refractivity contribution in [3.05, 3.63) is 58.4 Å². The summed E-state index contributed by atoms with van der Waals surface area (Å²) in [5.74, 6) is -0.842. The Labute approximate surface area is 166 Å². The van der Waals surface area contributed by atoms with Crippen LogP contribution in [0.15, 0.2) is 30.3 Å². The molecule has 1 heterocycles. The molecule has 1 aromatic heterocycles. The number of nitrogens with zero attached hydrogens (tertiary/aromatic N) is 2. The molecule has 1 unspecified atom stereocenters. The zero-order chi connectivity index (χ0) is 20.7. The summed E-state index contributed by atoms with van der Waals surface area (Å²) in [6, 6.07) is 8.33. The molecule has 28 heavy (non-hydrogen) atoms. The van der Waals surface area contributed by atoms with E-state index in [4.69, 9.17) is 4.74 Å². The van der Waals surface area contributed by atoms with Crippen LogP contribution in [0, 0.1) is 20.8 Å². The lowest BCUT2D eigenvalue weighted by molar-refractivity contribution is -0.150. The molecule has 0 aliphatic heterocycles. The van der Waals surface area contributed by atoms with Crippen LogP contribution in [0.5, 0.6) is 0 Å². The minimum absolute atomic E-state index is 0.290. The fourth-order valence-electron chi connectivity index (χ4n) is 2.78. The van der Waals surface area contributed by atoms with Gasteiger partial charge in [-0.2, -0.15) is 5.10 Å². The molecule has 0 saturated heterocycles. The van der Waals surface area contributed by atoms with Gasteiger partial charge in [0.25, 0.3) is 5.91 Å². The van der Waals surface area contributed by atoms with E-state index in [1.807, 2.05) is 25.5 Å². The average molecular weight is 383 g/mol. The van der Waals surface area contributed by atoms with Crippen LogP contribution in [-0.2, 0) is 20.9 Å². The normalized spacial score (nSPS) is 12.2. The fraction of sp³-hybridized carbons (Fsp3) is 0.409. The van der Waals surface area contributed by atoms with E-state index in [0.29, 0.717) is 13.1 Å². The van der Waals surface area contributed by atoms with Gasteiger partial charge in [0.1, 0.15) is 0 Å². The first-order valence-electron chi connectivity index (χ1n) is 9.57. The third kappa shape index (κ3) is 5.81. The number of hydrogen-bond acceptors (Lipinski definition) is 4. The Morgan fingerprint density at radius 1 is 1.21 bits per heavy atom. The maximum Gasteiger partial charge on any atom is 0.331 e. The predicted molar refractivity (Wildman–Crippen MR) is 110 cm³/mol. The molecule has 0 fully saturated rings. The molecule has 0 saturated carbocycles. The van der Waals surface area contributed by atoms with E-state index in [0.717, 1.165) is 28.9 Å². The van der Waals surface area contributed by atoms with Crippen molar-refractivity contribution in [2.45, 2.75) is 53.7 Å². The number of benzene rings is 1. The smallest absolute Gasteiger partial charge is 0.331 e. The summed E-state index contributed by atoms with van der Waals surface area (Å²) in [4.78, 5) is 23.8. The van der Waals surface area contributed by atoms with Crippen LogP contribution in [0.4, 0.5) is 0 Å². The van der Waals surface area contributed by atoms with Gasteiger partial charge in [0, 0.05) is 23.9 Å². The molecule has 6 nitrogen and oxygen atoms in total. The Hall–Kier alpha value is -2.89. The summed E-state index contributed by atoms with van der Waals surface area (Å²) in [7, 11) is 0. The second-order valence-corrected chi connectivity index (χ2v) is 6.93. The molecule has 0 aliphatic carbocycles. The topological polar surface area (TPSA) is 73.2 Å². The number of rotatable bonds is 8. The van der Waals surface area contributed by atoms with Gasteiger partial charge < -0.3 is 10.1 Å². The molecule has 2 aromatic rings. The van der Waals surface area contributed by atoms with Gasteiger partial charge in [0.05, 0.1) is 12.2 Å². The number of esters is 1. The Morgan fingerprint density at radius 3 is 2.54 bits per heavy atom. The average Bonchev–Trinajstić information content (AvgIpc) is 2.92. The summed E-state index contributed by atoms with van der Waals surface area (Å²) in [6.07, 6.45) is 3.05. The lowest BCUT2D eigenvalue weighted by Crippen LogP contribution is -2.35. The van der Waals surface area contributed by atoms with Gasteiger partial charge in [-0.15, -0.1) is 0 Å². The largest absolute Gasteiger partial charge is 0.449 e. The predicted octanol–water partition coefficient (Wildman–Crippen LogP) is 3.33. The highest BCUT2D eigenvalue weighted by molar-refractivity contribution is 5.90. The molecule has 1 atom stereocenters. The molecule has 6 heteroatoms. The monoisotopic (exact) mass is 383 g/mol. The third-order valence-electron chi connectivity index (χ3n) is 4.49. The highest BCUT2D eigenvalue weighted by Gasteiger charge is 2.16. The third-order valence-corrected chi connectivity index (χ3v) is 4.49. The zero-order valence-corrected chi connectivity index (χ0v) is 17.3. The van der Waals surface area contributed by atoms with Crippen LogP contribution < -0.4 is 5.32 Å². The van der Waals surface area contributed by atoms with E-state index in [1.165, 1.54) is 11.6 Å². The van der Waals surface area contributed by atoms with Crippen LogP contribution >= 0.6 is 0 Å². The molecular formula is C22H29N3O3. The Balaban J connectivity index is 2.03. The summed E-state index contributed by atoms with van der Waals surface area (Å²) in [6.45, 7) is 10.7. The van der Waals surface area contributed by atoms with E-state index in [-0.39, 0.29) is 5.91 Å². The molecule has 2 rings (SSSR count). The van der Waals surface area contributed by atoms with Gasteiger partial charge in [-0.1, -0.05) is 36.8 Å². The molecule has 1 amide bonds. The van der Waals surface area contributed by atoms with Crippen molar-refractivity contribution in [1.29, 1.82) is 0 Å². The van der Waals surface area contributed by atoms with Gasteiger partial charge in [0.15, 0.2) is 6.10 Å². The number of hydrogen-bond donors (Lipinski definition) is 1. The number of aryl methyl sites for hydroxylation is 2. The highest BCUT2D eigenvalue weighted by atomic mass is 16.5. The van der Waals surface area contributed by atoms with Gasteiger partial charge in [-0.25, -0.2) is 4.79 Å². The van der Waals surface area contributed by atoms with E-state index in [2.05, 4.69) is 41.6 Å². The van der Waals surface area contributed by atoms with Crippen molar-refractivity contribution in [3.8, 4) is 0 Å². The van der Waals surface area contributed by atoms with Crippen molar-refractivity contribution in [3.63, 3.8) is 0 Å². The highest BCUT2D eigenvalue weighted by Crippen LogP contribution is 2.17. The van der Waals surface area contributed by atoms with Crippen molar-refractivity contribution in [2.75, 3.05) is 6.54 Å². The van der Waals surface area contributed by atoms with E-state index in [9.17, 15) is 9.59 Å². The summed E-state index contributed by atoms with van der Waals surface area (Å²) in [5.41, 5.74) is 5.07. The van der Waals surface area contributed by atoms with Crippen molar-refractivity contribution in [2.24, 2.45) is 0 Å². The van der Waals surface area contributed by atoms with Crippen LogP contribution in [0.1, 0.15) is 48.3 Å². The second-order valence-electron chi connectivity index (χ2n) is 6.93. The van der Waals surface area contributed by atoms with E-state index in [1.54, 1.807) is 13.0 Å². The van der Waals surface area contributed by atoms with Gasteiger partial charge in [0.2, 0.25) is 0 Å². The van der Waals surface area contributed by atoms with Crippen LogP contribution in [-0.4, -0.2) is 34.3 Å². The lowest BCUT2D eigenvalue weighted by atomic mass is 10.1. The molecule has 0 bridgehead atoms. The standard InChI is InChI=1S/C22H29N3O3/c1-6-13-23-22(27)18(5)28-21(26)12-11-20-16(3)24-25(17(20)4)14-19-9-7-15(2)8-10-19/h7-12,18H,6,13-14H2,1-5H3,(H,23,27)/b12-11+.